The number of aryl methyl sites for hydroxylation is 2. The summed E-state index contributed by atoms with van der Waals surface area (Å²) in [5, 5.41) is 10.3. The summed E-state index contributed by atoms with van der Waals surface area (Å²) >= 11 is 1.30. The molecule has 0 aliphatic carbocycles. The summed E-state index contributed by atoms with van der Waals surface area (Å²) < 4.78 is 32.9. The number of carbonyl (C=O) groups excluding carboxylic acids is 2. The molecule has 184 valence electrons. The zero-order valence-corrected chi connectivity index (χ0v) is 20.1. The van der Waals surface area contributed by atoms with E-state index >= 15 is 0 Å². The number of amides is 1. The zero-order valence-electron chi connectivity index (χ0n) is 19.3. The molecule has 0 spiro atoms. The molecule has 0 bridgehead atoms. The number of likely N-dealkylation sites (tertiary alicyclic amines) is 1. The average molecular weight is 492 g/mol. The van der Waals surface area contributed by atoms with Gasteiger partial charge in [-0.1, -0.05) is 48.9 Å². The number of benzene rings is 1. The van der Waals surface area contributed by atoms with Crippen LogP contribution >= 0.6 is 11.3 Å². The van der Waals surface area contributed by atoms with Gasteiger partial charge in [0.25, 0.3) is 5.91 Å². The Hall–Kier alpha value is -2.58. The van der Waals surface area contributed by atoms with Crippen LogP contribution in [-0.4, -0.2) is 53.6 Å². The van der Waals surface area contributed by atoms with E-state index in [1.807, 2.05) is 24.3 Å². The number of methoxy groups -OCH3 is 1. The minimum atomic E-state index is -3.39. The van der Waals surface area contributed by atoms with E-state index in [2.05, 4.69) is 12.1 Å². The van der Waals surface area contributed by atoms with Crippen LogP contribution in [0, 0.1) is 0 Å². The highest BCUT2D eigenvalue weighted by Gasteiger charge is 2.52. The third kappa shape index (κ3) is 7.21. The van der Waals surface area contributed by atoms with Gasteiger partial charge in [-0.15, -0.1) is 11.3 Å². The molecule has 1 aliphatic heterocycles. The molecular formula is C26H31F2NO4S. The molecule has 0 radical (unpaired) electrons. The second-order valence-corrected chi connectivity index (χ2v) is 9.69. The van der Waals surface area contributed by atoms with Crippen molar-refractivity contribution >= 4 is 23.2 Å². The van der Waals surface area contributed by atoms with Crippen molar-refractivity contribution < 1.29 is 28.2 Å². The van der Waals surface area contributed by atoms with E-state index in [1.54, 1.807) is 12.1 Å². The van der Waals surface area contributed by atoms with Crippen molar-refractivity contribution in [2.45, 2.75) is 63.0 Å². The third-order valence-electron chi connectivity index (χ3n) is 5.92. The van der Waals surface area contributed by atoms with Crippen molar-refractivity contribution in [1.29, 1.82) is 0 Å². The first-order valence-corrected chi connectivity index (χ1v) is 12.4. The van der Waals surface area contributed by atoms with Crippen LogP contribution in [0.1, 0.15) is 52.2 Å². The first-order valence-electron chi connectivity index (χ1n) is 11.6. The number of thiophene rings is 1. The van der Waals surface area contributed by atoms with Crippen molar-refractivity contribution in [3.05, 3.63) is 69.9 Å². The van der Waals surface area contributed by atoms with Crippen molar-refractivity contribution in [2.24, 2.45) is 0 Å². The molecule has 2 aromatic rings. The Morgan fingerprint density at radius 1 is 1.21 bits per heavy atom. The highest BCUT2D eigenvalue weighted by atomic mass is 32.1. The van der Waals surface area contributed by atoms with Gasteiger partial charge in [0.2, 0.25) is 0 Å². The molecule has 8 heteroatoms. The van der Waals surface area contributed by atoms with Crippen LogP contribution in [0.4, 0.5) is 8.78 Å². The van der Waals surface area contributed by atoms with E-state index < -0.39 is 36.4 Å². The molecule has 1 aromatic carbocycles. The lowest BCUT2D eigenvalue weighted by Crippen LogP contribution is -2.36. The number of nitrogens with zero attached hydrogens (tertiary/aromatic N) is 1. The molecule has 1 N–H and O–H groups in total. The maximum absolute atomic E-state index is 14.1. The summed E-state index contributed by atoms with van der Waals surface area (Å²) in [7, 11) is 1.32. The number of halogens is 2. The number of aliphatic hydroxyl groups excluding tert-OH is 1. The normalized spacial score (nSPS) is 18.5. The lowest BCUT2D eigenvalue weighted by atomic mass is 10.0. The predicted molar refractivity (Wildman–Crippen MR) is 128 cm³/mol. The molecule has 1 amide bonds. The van der Waals surface area contributed by atoms with Gasteiger partial charge in [0.05, 0.1) is 19.3 Å². The minimum Gasteiger partial charge on any atom is -0.465 e. The van der Waals surface area contributed by atoms with Crippen molar-refractivity contribution in [2.75, 3.05) is 13.7 Å². The Morgan fingerprint density at radius 3 is 2.71 bits per heavy atom. The van der Waals surface area contributed by atoms with Crippen LogP contribution < -0.4 is 0 Å². The molecule has 0 saturated carbocycles. The van der Waals surface area contributed by atoms with Crippen LogP contribution in [0.3, 0.4) is 0 Å². The SMILES string of the molecule is COC(=O)c1ccc(CCCN2C(=O)C(F)(F)C[C@@H]2C=C[C@@H](O)CCCCc2ccccc2)s1. The Bertz CT molecular complexity index is 976. The van der Waals surface area contributed by atoms with Crippen LogP contribution in [0.25, 0.3) is 0 Å². The molecule has 3 rings (SSSR count). The smallest absolute Gasteiger partial charge is 0.348 e. The molecule has 2 heterocycles. The molecule has 0 unspecified atom stereocenters. The Kier molecular flexibility index (Phi) is 9.36. The monoisotopic (exact) mass is 491 g/mol. The second kappa shape index (κ2) is 12.2. The fourth-order valence-electron chi connectivity index (χ4n) is 4.09. The summed E-state index contributed by atoms with van der Waals surface area (Å²) in [5.41, 5.74) is 1.25. The van der Waals surface area contributed by atoms with Gasteiger partial charge in [-0.2, -0.15) is 8.78 Å². The van der Waals surface area contributed by atoms with Gasteiger partial charge >= 0.3 is 11.9 Å². The van der Waals surface area contributed by atoms with Crippen LogP contribution in [-0.2, 0) is 22.4 Å². The number of rotatable bonds is 12. The van der Waals surface area contributed by atoms with Crippen LogP contribution in [0.2, 0.25) is 0 Å². The number of hydrogen-bond acceptors (Lipinski definition) is 5. The summed E-state index contributed by atoms with van der Waals surface area (Å²) in [5.74, 6) is -4.97. The number of aliphatic hydroxyl groups is 1. The molecule has 1 aliphatic rings. The second-order valence-electron chi connectivity index (χ2n) is 8.52. The molecular weight excluding hydrogens is 460 g/mol. The lowest BCUT2D eigenvalue weighted by Gasteiger charge is -2.22. The van der Waals surface area contributed by atoms with E-state index in [-0.39, 0.29) is 6.54 Å². The highest BCUT2D eigenvalue weighted by Crippen LogP contribution is 2.34. The maximum Gasteiger partial charge on any atom is 0.348 e. The largest absolute Gasteiger partial charge is 0.465 e. The van der Waals surface area contributed by atoms with E-state index in [4.69, 9.17) is 4.74 Å². The van der Waals surface area contributed by atoms with Gasteiger partial charge < -0.3 is 14.7 Å². The number of ether oxygens (including phenoxy) is 1. The first kappa shape index (κ1) is 26.0. The molecule has 2 atom stereocenters. The zero-order chi connectivity index (χ0) is 24.6. The molecule has 34 heavy (non-hydrogen) atoms. The Morgan fingerprint density at radius 2 is 1.97 bits per heavy atom. The van der Waals surface area contributed by atoms with Gasteiger partial charge in [0, 0.05) is 17.8 Å². The fourth-order valence-corrected chi connectivity index (χ4v) is 5.05. The number of unbranched alkanes of at least 4 members (excludes halogenated alkanes) is 1. The molecule has 5 nitrogen and oxygen atoms in total. The van der Waals surface area contributed by atoms with Gasteiger partial charge in [0.15, 0.2) is 0 Å². The highest BCUT2D eigenvalue weighted by molar-refractivity contribution is 7.13. The number of carbonyl (C=O) groups is 2. The molecule has 1 saturated heterocycles. The van der Waals surface area contributed by atoms with Crippen LogP contribution in [0.5, 0.6) is 0 Å². The van der Waals surface area contributed by atoms with E-state index in [9.17, 15) is 23.5 Å². The number of alkyl halides is 2. The average Bonchev–Trinajstić information content (AvgIpc) is 3.38. The minimum absolute atomic E-state index is 0.183. The quantitative estimate of drug-likeness (QED) is 0.257. The molecule has 1 fully saturated rings. The number of hydrogen-bond donors (Lipinski definition) is 1. The van der Waals surface area contributed by atoms with E-state index in [0.717, 1.165) is 24.1 Å². The van der Waals surface area contributed by atoms with Crippen LogP contribution in [0.15, 0.2) is 54.6 Å². The van der Waals surface area contributed by atoms with Gasteiger partial charge in [-0.05, 0) is 49.8 Å². The predicted octanol–water partition coefficient (Wildman–Crippen LogP) is 5.03. The standard InChI is InChI=1S/C26H31F2NO4S/c1-33-24(31)23-16-15-22(34-23)12-7-17-29-20(18-26(27,28)25(29)32)13-14-21(30)11-6-5-10-19-8-3-2-4-9-19/h2-4,8-9,13-16,20-21,30H,5-7,10-12,17-18H2,1H3/t20-,21-/m0/s1. The van der Waals surface area contributed by atoms with Crippen molar-refractivity contribution in [3.8, 4) is 0 Å². The lowest BCUT2D eigenvalue weighted by molar-refractivity contribution is -0.148. The van der Waals surface area contributed by atoms with Gasteiger partial charge in [0.1, 0.15) is 4.88 Å². The van der Waals surface area contributed by atoms with Gasteiger partial charge in [-0.3, -0.25) is 4.79 Å². The fraction of sp³-hybridized carbons (Fsp3) is 0.462. The summed E-state index contributed by atoms with van der Waals surface area (Å²) in [6.07, 6.45) is 6.06. The topological polar surface area (TPSA) is 66.8 Å². The first-order chi connectivity index (χ1) is 16.3. The van der Waals surface area contributed by atoms with Crippen molar-refractivity contribution in [3.63, 3.8) is 0 Å². The molecule has 1 aromatic heterocycles. The summed E-state index contributed by atoms with van der Waals surface area (Å²) in [6.45, 7) is 0.183. The van der Waals surface area contributed by atoms with E-state index in [0.29, 0.717) is 24.1 Å². The number of esters is 1. The summed E-state index contributed by atoms with van der Waals surface area (Å²) in [4.78, 5) is 26.4. The maximum atomic E-state index is 14.1. The summed E-state index contributed by atoms with van der Waals surface area (Å²) in [6, 6.07) is 12.8. The third-order valence-corrected chi connectivity index (χ3v) is 7.05. The Labute approximate surface area is 203 Å². The van der Waals surface area contributed by atoms with Crippen molar-refractivity contribution in [1.82, 2.24) is 4.90 Å². The van der Waals surface area contributed by atoms with Gasteiger partial charge in [-0.25, -0.2) is 4.79 Å². The Balaban J connectivity index is 1.47. The van der Waals surface area contributed by atoms with E-state index in [1.165, 1.54) is 35.0 Å².